The third-order valence-electron chi connectivity index (χ3n) is 3.36. The van der Waals surface area contributed by atoms with E-state index in [1.165, 1.54) is 6.07 Å². The van der Waals surface area contributed by atoms with Crippen molar-refractivity contribution in [1.29, 1.82) is 0 Å². The Bertz CT molecular complexity index is 721. The van der Waals surface area contributed by atoms with Gasteiger partial charge in [-0.25, -0.2) is 4.98 Å². The Balaban J connectivity index is 0.00000264. The summed E-state index contributed by atoms with van der Waals surface area (Å²) in [5, 5.41) is 19.7. The van der Waals surface area contributed by atoms with Crippen molar-refractivity contribution in [2.75, 3.05) is 0 Å². The zero-order chi connectivity index (χ0) is 16.3. The van der Waals surface area contributed by atoms with Crippen LogP contribution in [0, 0.1) is 17.0 Å². The van der Waals surface area contributed by atoms with E-state index in [4.69, 9.17) is 10.8 Å². The van der Waals surface area contributed by atoms with Gasteiger partial charge in [-0.2, -0.15) is 0 Å². The molecule has 3 N–H and O–H groups in total. The first-order chi connectivity index (χ1) is 10.4. The van der Waals surface area contributed by atoms with Crippen molar-refractivity contribution in [3.05, 3.63) is 57.7 Å². The lowest BCUT2D eigenvalue weighted by atomic mass is 10.1. The number of hydrogen-bond acceptors (Lipinski definition) is 5. The van der Waals surface area contributed by atoms with Crippen molar-refractivity contribution >= 4 is 36.5 Å². The van der Waals surface area contributed by atoms with Gasteiger partial charge in [0.25, 0.3) is 5.69 Å². The van der Waals surface area contributed by atoms with Crippen LogP contribution in [0.4, 0.5) is 5.69 Å². The van der Waals surface area contributed by atoms with Gasteiger partial charge in [0, 0.05) is 36.5 Å². The van der Waals surface area contributed by atoms with Gasteiger partial charge in [-0.3, -0.25) is 14.9 Å². The number of nitrogens with two attached hydrogens (primary N) is 1. The molecule has 1 heterocycles. The highest BCUT2D eigenvalue weighted by Crippen LogP contribution is 2.19. The molecule has 1 atom stereocenters. The summed E-state index contributed by atoms with van der Waals surface area (Å²) in [6.07, 6.45) is 3.32. The maximum Gasteiger partial charge on any atom is 0.320 e. The molecule has 1 unspecified atom stereocenters. The molecule has 10 heteroatoms. The number of aromatic nitrogens is 2. The lowest BCUT2D eigenvalue weighted by Crippen LogP contribution is -2.33. The van der Waals surface area contributed by atoms with E-state index in [1.54, 1.807) is 36.1 Å². The van der Waals surface area contributed by atoms with Crippen LogP contribution in [0.5, 0.6) is 0 Å². The number of halogens is 2. The summed E-state index contributed by atoms with van der Waals surface area (Å²) in [6, 6.07) is 3.88. The molecule has 0 aliphatic heterocycles. The molecule has 0 aliphatic rings. The molecule has 2 aromatic rings. The highest BCUT2D eigenvalue weighted by molar-refractivity contribution is 5.85. The van der Waals surface area contributed by atoms with E-state index < -0.39 is 16.9 Å². The number of hydrogen-bond donors (Lipinski definition) is 2. The molecule has 1 aromatic carbocycles. The first kappa shape index (κ1) is 21.8. The van der Waals surface area contributed by atoms with Gasteiger partial charge >= 0.3 is 5.97 Å². The second kappa shape index (κ2) is 9.21. The Morgan fingerprint density at radius 1 is 1.46 bits per heavy atom. The minimum atomic E-state index is -1.07. The summed E-state index contributed by atoms with van der Waals surface area (Å²) < 4.78 is 1.78. The number of benzene rings is 1. The minimum Gasteiger partial charge on any atom is -0.480 e. The van der Waals surface area contributed by atoms with E-state index in [2.05, 4.69) is 4.98 Å². The number of nitro benzene ring substituents is 1. The molecule has 0 amide bonds. The van der Waals surface area contributed by atoms with Crippen molar-refractivity contribution < 1.29 is 14.8 Å². The highest BCUT2D eigenvalue weighted by Gasteiger charge is 2.15. The molecule has 0 saturated carbocycles. The van der Waals surface area contributed by atoms with Gasteiger partial charge in [-0.05, 0) is 18.6 Å². The van der Waals surface area contributed by atoms with Crippen LogP contribution in [0.15, 0.2) is 30.7 Å². The van der Waals surface area contributed by atoms with Crippen LogP contribution in [0.2, 0.25) is 0 Å². The van der Waals surface area contributed by atoms with E-state index in [0.717, 1.165) is 5.56 Å². The van der Waals surface area contributed by atoms with Crippen LogP contribution >= 0.6 is 24.8 Å². The van der Waals surface area contributed by atoms with E-state index >= 15 is 0 Å². The monoisotopic (exact) mass is 376 g/mol. The zero-order valence-electron chi connectivity index (χ0n) is 12.8. The van der Waals surface area contributed by atoms with Gasteiger partial charge in [0.15, 0.2) is 0 Å². The average Bonchev–Trinajstić information content (AvgIpc) is 2.85. The van der Waals surface area contributed by atoms with Crippen molar-refractivity contribution in [2.24, 2.45) is 5.73 Å². The molecular weight excluding hydrogens is 359 g/mol. The SMILES string of the molecule is Cc1cc(Cn2cncc2CC(N)C(=O)O)ccc1[N+](=O)[O-].Cl.Cl. The fraction of sp³-hybridized carbons (Fsp3) is 0.286. The standard InChI is InChI=1S/C14H16N4O4.2ClH/c1-9-4-10(2-3-13(9)18(21)22)7-17-8-16-6-11(17)5-12(15)14(19)20;;/h2-4,6,8,12H,5,7,15H2,1H3,(H,19,20);2*1H. The lowest BCUT2D eigenvalue weighted by molar-refractivity contribution is -0.385. The fourth-order valence-electron chi connectivity index (χ4n) is 2.19. The maximum absolute atomic E-state index is 10.8. The Morgan fingerprint density at radius 2 is 2.12 bits per heavy atom. The van der Waals surface area contributed by atoms with Crippen LogP contribution in [0.1, 0.15) is 16.8 Å². The number of imidazole rings is 1. The van der Waals surface area contributed by atoms with E-state index in [-0.39, 0.29) is 36.9 Å². The van der Waals surface area contributed by atoms with Gasteiger partial charge in [0.1, 0.15) is 6.04 Å². The lowest BCUT2D eigenvalue weighted by Gasteiger charge is -2.11. The van der Waals surface area contributed by atoms with E-state index in [0.29, 0.717) is 17.8 Å². The van der Waals surface area contributed by atoms with Gasteiger partial charge < -0.3 is 15.4 Å². The fourth-order valence-corrected chi connectivity index (χ4v) is 2.19. The van der Waals surface area contributed by atoms with Crippen LogP contribution in [-0.4, -0.2) is 31.6 Å². The van der Waals surface area contributed by atoms with Gasteiger partial charge in [0.2, 0.25) is 0 Å². The van der Waals surface area contributed by atoms with E-state index in [1.807, 2.05) is 0 Å². The average molecular weight is 377 g/mol. The maximum atomic E-state index is 10.8. The molecule has 0 fully saturated rings. The summed E-state index contributed by atoms with van der Waals surface area (Å²) in [4.78, 5) is 25.2. The number of aliphatic carboxylic acids is 1. The topological polar surface area (TPSA) is 124 Å². The second-order valence-electron chi connectivity index (χ2n) is 5.04. The number of nitro groups is 1. The first-order valence-electron chi connectivity index (χ1n) is 6.59. The predicted molar refractivity (Wildman–Crippen MR) is 93.0 cm³/mol. The van der Waals surface area contributed by atoms with Gasteiger partial charge in [0.05, 0.1) is 11.3 Å². The summed E-state index contributed by atoms with van der Waals surface area (Å²) in [5.41, 5.74) is 7.75. The third kappa shape index (κ3) is 5.19. The largest absolute Gasteiger partial charge is 0.480 e. The second-order valence-corrected chi connectivity index (χ2v) is 5.04. The Morgan fingerprint density at radius 3 is 2.67 bits per heavy atom. The normalized spacial score (nSPS) is 11.1. The molecule has 132 valence electrons. The smallest absolute Gasteiger partial charge is 0.320 e. The molecule has 0 radical (unpaired) electrons. The Hall–Kier alpha value is -2.16. The highest BCUT2D eigenvalue weighted by atomic mass is 35.5. The van der Waals surface area contributed by atoms with Crippen molar-refractivity contribution in [2.45, 2.75) is 25.9 Å². The minimum absolute atomic E-state index is 0. The molecule has 2 rings (SSSR count). The summed E-state index contributed by atoms with van der Waals surface area (Å²) >= 11 is 0. The molecule has 0 saturated heterocycles. The predicted octanol–water partition coefficient (Wildman–Crippen LogP) is 1.95. The third-order valence-corrected chi connectivity index (χ3v) is 3.36. The van der Waals surface area contributed by atoms with Gasteiger partial charge in [-0.15, -0.1) is 24.8 Å². The Labute approximate surface area is 150 Å². The molecular formula is C14H18Cl2N4O4. The van der Waals surface area contributed by atoms with Crippen LogP contribution in [0.25, 0.3) is 0 Å². The summed E-state index contributed by atoms with van der Waals surface area (Å²) in [5.74, 6) is -1.07. The molecule has 0 spiro atoms. The molecule has 0 bridgehead atoms. The molecule has 24 heavy (non-hydrogen) atoms. The number of nitrogens with zero attached hydrogens (tertiary/aromatic N) is 3. The van der Waals surface area contributed by atoms with Crippen molar-refractivity contribution in [3.63, 3.8) is 0 Å². The van der Waals surface area contributed by atoms with Crippen molar-refractivity contribution in [1.82, 2.24) is 9.55 Å². The Kier molecular flexibility index (Phi) is 8.38. The zero-order valence-corrected chi connectivity index (χ0v) is 14.4. The summed E-state index contributed by atoms with van der Waals surface area (Å²) in [6.45, 7) is 2.12. The number of carboxylic acids is 1. The van der Waals surface area contributed by atoms with Crippen molar-refractivity contribution in [3.8, 4) is 0 Å². The molecule has 1 aromatic heterocycles. The van der Waals surface area contributed by atoms with Crippen LogP contribution in [-0.2, 0) is 17.8 Å². The first-order valence-corrected chi connectivity index (χ1v) is 6.59. The quantitative estimate of drug-likeness (QED) is 0.586. The van der Waals surface area contributed by atoms with Gasteiger partial charge in [-0.1, -0.05) is 6.07 Å². The number of carbonyl (C=O) groups is 1. The summed E-state index contributed by atoms with van der Waals surface area (Å²) in [7, 11) is 0. The molecule has 8 nitrogen and oxygen atoms in total. The number of carboxylic acid groups (broad SMARTS) is 1. The van der Waals surface area contributed by atoms with Crippen LogP contribution in [0.3, 0.4) is 0 Å². The number of aryl methyl sites for hydroxylation is 1. The van der Waals surface area contributed by atoms with E-state index in [9.17, 15) is 14.9 Å². The van der Waals surface area contributed by atoms with Crippen LogP contribution < -0.4 is 5.73 Å². The number of rotatable bonds is 6. The molecule has 0 aliphatic carbocycles.